The summed E-state index contributed by atoms with van der Waals surface area (Å²) in [7, 11) is 0. The number of carbonyl (C=O) groups is 2. The van der Waals surface area contributed by atoms with Crippen LogP contribution in [0.1, 0.15) is 17.3 Å². The largest absolute Gasteiger partial charge is 0.354 e. The Labute approximate surface area is 123 Å². The van der Waals surface area contributed by atoms with Crippen LogP contribution in [-0.2, 0) is 4.79 Å². The molecule has 0 aliphatic heterocycles. The third-order valence-electron chi connectivity index (χ3n) is 2.63. The molecule has 4 N–H and O–H groups in total. The Morgan fingerprint density at radius 2 is 1.85 bits per heavy atom. The Hall–Kier alpha value is -1.66. The summed E-state index contributed by atoms with van der Waals surface area (Å²) >= 11 is 0. The maximum Gasteiger partial charge on any atom is 0.254 e. The third-order valence-corrected chi connectivity index (χ3v) is 2.63. The second kappa shape index (κ2) is 9.28. The molecule has 0 spiro atoms. The summed E-state index contributed by atoms with van der Waals surface area (Å²) in [5.74, 6) is -1.50. The fraction of sp³-hybridized carbons (Fsp3) is 0.385. The third kappa shape index (κ3) is 5.54. The van der Waals surface area contributed by atoms with Gasteiger partial charge in [0.25, 0.3) is 5.91 Å². The average molecular weight is 304 g/mol. The summed E-state index contributed by atoms with van der Waals surface area (Å²) in [6.45, 7) is 2.50. The van der Waals surface area contributed by atoms with E-state index in [9.17, 15) is 14.0 Å². The number of benzene rings is 1. The van der Waals surface area contributed by atoms with Crippen molar-refractivity contribution in [2.45, 2.75) is 6.92 Å². The summed E-state index contributed by atoms with van der Waals surface area (Å²) in [5, 5.41) is 5.15. The van der Waals surface area contributed by atoms with Gasteiger partial charge in [-0.25, -0.2) is 4.39 Å². The van der Waals surface area contributed by atoms with Crippen LogP contribution in [0.5, 0.6) is 0 Å². The smallest absolute Gasteiger partial charge is 0.254 e. The van der Waals surface area contributed by atoms with Gasteiger partial charge in [-0.15, -0.1) is 12.4 Å². The minimum atomic E-state index is -0.569. The number of halogens is 2. The van der Waals surface area contributed by atoms with E-state index < -0.39 is 11.7 Å². The first-order chi connectivity index (χ1) is 9.06. The lowest BCUT2D eigenvalue weighted by Gasteiger charge is -2.10. The SMILES string of the molecule is CC(CN)C(=O)NCCNC(=O)c1ccccc1F.Cl. The summed E-state index contributed by atoms with van der Waals surface area (Å²) < 4.78 is 13.3. The number of hydrogen-bond acceptors (Lipinski definition) is 3. The Bertz CT molecular complexity index is 457. The Kier molecular flexibility index (Phi) is 8.51. The van der Waals surface area contributed by atoms with Crippen molar-refractivity contribution in [1.82, 2.24) is 10.6 Å². The highest BCUT2D eigenvalue weighted by atomic mass is 35.5. The summed E-state index contributed by atoms with van der Waals surface area (Å²) in [6, 6.07) is 5.72. The molecule has 20 heavy (non-hydrogen) atoms. The second-order valence-corrected chi connectivity index (χ2v) is 4.16. The molecule has 0 aromatic heterocycles. The van der Waals surface area contributed by atoms with E-state index in [0.717, 1.165) is 0 Å². The van der Waals surface area contributed by atoms with Crippen LogP contribution in [0.4, 0.5) is 4.39 Å². The molecular formula is C13H19ClFN3O2. The number of rotatable bonds is 6. The van der Waals surface area contributed by atoms with Gasteiger partial charge < -0.3 is 16.4 Å². The van der Waals surface area contributed by atoms with E-state index in [4.69, 9.17) is 5.73 Å². The molecule has 0 radical (unpaired) electrons. The minimum absolute atomic E-state index is 0. The van der Waals surface area contributed by atoms with Crippen molar-refractivity contribution in [2.75, 3.05) is 19.6 Å². The molecule has 0 saturated heterocycles. The van der Waals surface area contributed by atoms with Crippen molar-refractivity contribution in [1.29, 1.82) is 0 Å². The Morgan fingerprint density at radius 1 is 1.25 bits per heavy atom. The van der Waals surface area contributed by atoms with Crippen LogP contribution in [0, 0.1) is 11.7 Å². The van der Waals surface area contributed by atoms with Gasteiger partial charge in [-0.2, -0.15) is 0 Å². The van der Waals surface area contributed by atoms with Crippen molar-refractivity contribution in [2.24, 2.45) is 11.7 Å². The van der Waals surface area contributed by atoms with E-state index in [1.165, 1.54) is 18.2 Å². The van der Waals surface area contributed by atoms with Crippen molar-refractivity contribution in [3.05, 3.63) is 35.6 Å². The first-order valence-electron chi connectivity index (χ1n) is 6.06. The van der Waals surface area contributed by atoms with Crippen LogP contribution in [0.2, 0.25) is 0 Å². The lowest BCUT2D eigenvalue weighted by molar-refractivity contribution is -0.124. The molecule has 0 heterocycles. The van der Waals surface area contributed by atoms with Gasteiger partial charge in [0.05, 0.1) is 5.56 Å². The monoisotopic (exact) mass is 303 g/mol. The minimum Gasteiger partial charge on any atom is -0.354 e. The van der Waals surface area contributed by atoms with E-state index in [0.29, 0.717) is 0 Å². The lowest BCUT2D eigenvalue weighted by atomic mass is 10.2. The van der Waals surface area contributed by atoms with Gasteiger partial charge in [0.1, 0.15) is 5.82 Å². The molecule has 1 atom stereocenters. The molecule has 0 fully saturated rings. The molecule has 5 nitrogen and oxygen atoms in total. The Balaban J connectivity index is 0.00000361. The zero-order chi connectivity index (χ0) is 14.3. The molecule has 1 rings (SSSR count). The van der Waals surface area contributed by atoms with Crippen LogP contribution in [-0.4, -0.2) is 31.4 Å². The van der Waals surface area contributed by atoms with Crippen molar-refractivity contribution < 1.29 is 14.0 Å². The van der Waals surface area contributed by atoms with E-state index in [2.05, 4.69) is 10.6 Å². The highest BCUT2D eigenvalue weighted by Gasteiger charge is 2.11. The van der Waals surface area contributed by atoms with E-state index in [1.807, 2.05) is 0 Å². The van der Waals surface area contributed by atoms with Crippen molar-refractivity contribution >= 4 is 24.2 Å². The van der Waals surface area contributed by atoms with Gasteiger partial charge in [0, 0.05) is 25.6 Å². The lowest BCUT2D eigenvalue weighted by Crippen LogP contribution is -2.38. The zero-order valence-electron chi connectivity index (χ0n) is 11.2. The van der Waals surface area contributed by atoms with Gasteiger partial charge in [0.2, 0.25) is 5.91 Å². The van der Waals surface area contributed by atoms with E-state index in [1.54, 1.807) is 13.0 Å². The molecule has 1 unspecified atom stereocenters. The molecule has 0 saturated carbocycles. The molecule has 0 aliphatic rings. The van der Waals surface area contributed by atoms with Crippen LogP contribution in [0.3, 0.4) is 0 Å². The van der Waals surface area contributed by atoms with Gasteiger partial charge >= 0.3 is 0 Å². The predicted octanol–water partition coefficient (Wildman–Crippen LogP) is 0.688. The number of nitrogens with one attached hydrogen (secondary N) is 2. The molecule has 1 aromatic rings. The molecule has 0 bridgehead atoms. The Morgan fingerprint density at radius 3 is 2.45 bits per heavy atom. The van der Waals surface area contributed by atoms with Gasteiger partial charge in [-0.05, 0) is 12.1 Å². The molecule has 0 aliphatic carbocycles. The summed E-state index contributed by atoms with van der Waals surface area (Å²) in [5.41, 5.74) is 5.34. The maximum atomic E-state index is 13.3. The first kappa shape index (κ1) is 18.3. The molecule has 112 valence electrons. The summed E-state index contributed by atoms with van der Waals surface area (Å²) in [4.78, 5) is 23.0. The summed E-state index contributed by atoms with van der Waals surface area (Å²) in [6.07, 6.45) is 0. The van der Waals surface area contributed by atoms with E-state index >= 15 is 0 Å². The first-order valence-corrected chi connectivity index (χ1v) is 6.06. The van der Waals surface area contributed by atoms with E-state index in [-0.39, 0.29) is 49.4 Å². The average Bonchev–Trinajstić information content (AvgIpc) is 2.42. The molecule has 7 heteroatoms. The molecule has 2 amide bonds. The van der Waals surface area contributed by atoms with Crippen molar-refractivity contribution in [3.63, 3.8) is 0 Å². The number of hydrogen-bond donors (Lipinski definition) is 3. The maximum absolute atomic E-state index is 13.3. The van der Waals surface area contributed by atoms with Gasteiger partial charge in [-0.3, -0.25) is 9.59 Å². The number of carbonyl (C=O) groups excluding carboxylic acids is 2. The number of nitrogens with two attached hydrogens (primary N) is 1. The normalized spacial score (nSPS) is 11.2. The second-order valence-electron chi connectivity index (χ2n) is 4.16. The van der Waals surface area contributed by atoms with Crippen LogP contribution in [0.25, 0.3) is 0 Å². The van der Waals surface area contributed by atoms with Crippen LogP contribution >= 0.6 is 12.4 Å². The quantitative estimate of drug-likeness (QED) is 0.676. The van der Waals surface area contributed by atoms with Crippen molar-refractivity contribution in [3.8, 4) is 0 Å². The highest BCUT2D eigenvalue weighted by molar-refractivity contribution is 5.94. The van der Waals surface area contributed by atoms with Gasteiger partial charge in [-0.1, -0.05) is 19.1 Å². The van der Waals surface area contributed by atoms with Gasteiger partial charge in [0.15, 0.2) is 0 Å². The van der Waals surface area contributed by atoms with Crippen LogP contribution in [0.15, 0.2) is 24.3 Å². The predicted molar refractivity (Wildman–Crippen MR) is 77.2 cm³/mol. The fourth-order valence-electron chi connectivity index (χ4n) is 1.38. The standard InChI is InChI=1S/C13H18FN3O2.ClH/c1-9(8-15)12(18)16-6-7-17-13(19)10-4-2-3-5-11(10)14;/h2-5,9H,6-8,15H2,1H3,(H,16,18)(H,17,19);1H. The fourth-order valence-corrected chi connectivity index (χ4v) is 1.38. The molecular weight excluding hydrogens is 285 g/mol. The van der Waals surface area contributed by atoms with Crippen LogP contribution < -0.4 is 16.4 Å². The zero-order valence-corrected chi connectivity index (χ0v) is 12.0. The highest BCUT2D eigenvalue weighted by Crippen LogP contribution is 2.05. The molecule has 1 aromatic carbocycles. The topological polar surface area (TPSA) is 84.2 Å². The number of amides is 2.